The van der Waals surface area contributed by atoms with Crippen LogP contribution in [0.4, 0.5) is 10.5 Å². The van der Waals surface area contributed by atoms with Gasteiger partial charge in [-0.15, -0.1) is 0 Å². The van der Waals surface area contributed by atoms with Gasteiger partial charge in [0.2, 0.25) is 0 Å². The highest BCUT2D eigenvalue weighted by Gasteiger charge is 2.46. The van der Waals surface area contributed by atoms with Gasteiger partial charge >= 0.3 is 12.0 Å². The van der Waals surface area contributed by atoms with E-state index in [1.54, 1.807) is 0 Å². The first-order valence-electron chi connectivity index (χ1n) is 12.5. The normalized spacial score (nSPS) is 15.7. The maximum atomic E-state index is 13.3. The standard InChI is InChI=1S/C29H31N3O3S/c1-2-35-27(33)24-8-4-3-7-23(24)21-11-14-26-25(17-21)29(15-5-6-16-29)19-32(26)28(34)31-18-20-9-12-22(36-30)13-10-20/h3-4,7-14,17H,2,5-6,15-16,18-19,30H2,1H3,(H,31,34). The maximum Gasteiger partial charge on any atom is 0.338 e. The molecule has 0 unspecified atom stereocenters. The van der Waals surface area contributed by atoms with E-state index >= 15 is 0 Å². The first-order valence-corrected chi connectivity index (χ1v) is 13.3. The molecule has 1 aliphatic carbocycles. The summed E-state index contributed by atoms with van der Waals surface area (Å²) in [5, 5.41) is 8.71. The van der Waals surface area contributed by atoms with E-state index in [0.717, 1.165) is 53.0 Å². The molecule has 1 aliphatic heterocycles. The van der Waals surface area contributed by atoms with Crippen LogP contribution >= 0.6 is 11.9 Å². The van der Waals surface area contributed by atoms with E-state index in [1.165, 1.54) is 17.5 Å². The van der Waals surface area contributed by atoms with Crippen molar-refractivity contribution in [2.75, 3.05) is 18.1 Å². The molecule has 3 aromatic carbocycles. The SMILES string of the molecule is CCOC(=O)c1ccccc1-c1ccc2c(c1)C1(CCCC1)CN2C(=O)NCc1ccc(SN)cc1. The van der Waals surface area contributed by atoms with Crippen LogP contribution in [0.5, 0.6) is 0 Å². The lowest BCUT2D eigenvalue weighted by molar-refractivity contribution is 0.0527. The second kappa shape index (κ2) is 10.4. The molecule has 36 heavy (non-hydrogen) atoms. The minimum atomic E-state index is -0.316. The molecule has 186 valence electrons. The lowest BCUT2D eigenvalue weighted by Gasteiger charge is -2.25. The third kappa shape index (κ3) is 4.61. The number of nitrogens with one attached hydrogen (secondary N) is 1. The minimum Gasteiger partial charge on any atom is -0.462 e. The molecule has 0 bridgehead atoms. The van der Waals surface area contributed by atoms with E-state index in [0.29, 0.717) is 25.3 Å². The summed E-state index contributed by atoms with van der Waals surface area (Å²) in [5.41, 5.74) is 5.55. The van der Waals surface area contributed by atoms with Gasteiger partial charge in [-0.25, -0.2) is 9.59 Å². The number of hydrogen-bond donors (Lipinski definition) is 2. The molecule has 1 heterocycles. The topological polar surface area (TPSA) is 84.7 Å². The number of fused-ring (bicyclic) bond motifs is 2. The predicted octanol–water partition coefficient (Wildman–Crippen LogP) is 6.04. The average molecular weight is 502 g/mol. The second-order valence-corrected chi connectivity index (χ2v) is 10.2. The molecule has 0 saturated heterocycles. The Labute approximate surface area is 216 Å². The van der Waals surface area contributed by atoms with Gasteiger partial charge in [0, 0.05) is 29.1 Å². The number of amides is 2. The van der Waals surface area contributed by atoms with Crippen LogP contribution in [0.2, 0.25) is 0 Å². The van der Waals surface area contributed by atoms with E-state index in [2.05, 4.69) is 11.4 Å². The molecule has 1 spiro atoms. The summed E-state index contributed by atoms with van der Waals surface area (Å²) in [6, 6.07) is 21.6. The Morgan fingerprint density at radius 3 is 2.53 bits per heavy atom. The van der Waals surface area contributed by atoms with Crippen molar-refractivity contribution in [3.63, 3.8) is 0 Å². The molecule has 6 nitrogen and oxygen atoms in total. The van der Waals surface area contributed by atoms with Crippen molar-refractivity contribution in [3.05, 3.63) is 83.4 Å². The Kier molecular flexibility index (Phi) is 7.03. The Hall–Kier alpha value is -3.29. The van der Waals surface area contributed by atoms with E-state index in [4.69, 9.17) is 9.88 Å². The molecule has 2 amide bonds. The molecule has 5 rings (SSSR count). The highest BCUT2D eigenvalue weighted by molar-refractivity contribution is 7.97. The summed E-state index contributed by atoms with van der Waals surface area (Å²) in [5.74, 6) is -0.316. The molecule has 0 atom stereocenters. The van der Waals surface area contributed by atoms with Crippen molar-refractivity contribution in [1.82, 2.24) is 5.32 Å². The summed E-state index contributed by atoms with van der Waals surface area (Å²) < 4.78 is 5.29. The van der Waals surface area contributed by atoms with Gasteiger partial charge in [0.15, 0.2) is 0 Å². The van der Waals surface area contributed by atoms with Crippen molar-refractivity contribution >= 4 is 29.6 Å². The number of anilines is 1. The Balaban J connectivity index is 1.43. The second-order valence-electron chi connectivity index (χ2n) is 9.49. The first kappa shape index (κ1) is 24.4. The van der Waals surface area contributed by atoms with E-state index < -0.39 is 0 Å². The summed E-state index contributed by atoms with van der Waals surface area (Å²) in [6.07, 6.45) is 4.43. The lowest BCUT2D eigenvalue weighted by atomic mass is 9.79. The molecule has 0 radical (unpaired) electrons. The molecular formula is C29H31N3O3S. The molecule has 1 fully saturated rings. The summed E-state index contributed by atoms with van der Waals surface area (Å²) in [7, 11) is 0. The van der Waals surface area contributed by atoms with Gasteiger partial charge in [0.05, 0.1) is 12.2 Å². The lowest BCUT2D eigenvalue weighted by Crippen LogP contribution is -2.41. The van der Waals surface area contributed by atoms with Gasteiger partial charge in [0.1, 0.15) is 0 Å². The van der Waals surface area contributed by atoms with Crippen molar-refractivity contribution in [2.45, 2.75) is 49.5 Å². The van der Waals surface area contributed by atoms with E-state index in [9.17, 15) is 9.59 Å². The fraction of sp³-hybridized carbons (Fsp3) is 0.310. The van der Waals surface area contributed by atoms with Gasteiger partial charge < -0.3 is 10.1 Å². The average Bonchev–Trinajstić information content (AvgIpc) is 3.52. The number of benzene rings is 3. The number of esters is 1. The third-order valence-electron chi connectivity index (χ3n) is 7.36. The first-order chi connectivity index (χ1) is 17.5. The molecule has 0 aromatic heterocycles. The molecule has 3 aromatic rings. The third-order valence-corrected chi connectivity index (χ3v) is 7.91. The molecular weight excluding hydrogens is 470 g/mol. The van der Waals surface area contributed by atoms with Gasteiger partial charge in [-0.2, -0.15) is 0 Å². The fourth-order valence-electron chi connectivity index (χ4n) is 5.58. The van der Waals surface area contributed by atoms with Crippen molar-refractivity contribution in [2.24, 2.45) is 5.14 Å². The van der Waals surface area contributed by atoms with Crippen molar-refractivity contribution < 1.29 is 14.3 Å². The zero-order chi connectivity index (χ0) is 25.1. The van der Waals surface area contributed by atoms with Crippen LogP contribution in [0.25, 0.3) is 11.1 Å². The number of rotatable bonds is 6. The summed E-state index contributed by atoms with van der Waals surface area (Å²) in [4.78, 5) is 28.8. The molecule has 7 heteroatoms. The van der Waals surface area contributed by atoms with Crippen LogP contribution in [0.3, 0.4) is 0 Å². The van der Waals surface area contributed by atoms with Crippen LogP contribution in [-0.4, -0.2) is 25.2 Å². The zero-order valence-electron chi connectivity index (χ0n) is 20.5. The monoisotopic (exact) mass is 501 g/mol. The quantitative estimate of drug-likeness (QED) is 0.318. The molecule has 2 aliphatic rings. The summed E-state index contributed by atoms with van der Waals surface area (Å²) >= 11 is 1.21. The van der Waals surface area contributed by atoms with E-state index in [-0.39, 0.29) is 17.4 Å². The largest absolute Gasteiger partial charge is 0.462 e. The summed E-state index contributed by atoms with van der Waals surface area (Å²) in [6.45, 7) is 3.28. The Morgan fingerprint density at radius 1 is 1.06 bits per heavy atom. The number of nitrogens with zero attached hydrogens (tertiary/aromatic N) is 1. The maximum absolute atomic E-state index is 13.3. The van der Waals surface area contributed by atoms with Crippen LogP contribution in [0.15, 0.2) is 71.6 Å². The van der Waals surface area contributed by atoms with Gasteiger partial charge in [-0.1, -0.05) is 49.2 Å². The van der Waals surface area contributed by atoms with Crippen LogP contribution in [0, 0.1) is 0 Å². The number of carbonyl (C=O) groups is 2. The molecule has 3 N–H and O–H groups in total. The predicted molar refractivity (Wildman–Crippen MR) is 144 cm³/mol. The number of urea groups is 1. The number of hydrogen-bond acceptors (Lipinski definition) is 5. The number of nitrogens with two attached hydrogens (primary N) is 1. The smallest absolute Gasteiger partial charge is 0.338 e. The van der Waals surface area contributed by atoms with Crippen LogP contribution in [0.1, 0.15) is 54.1 Å². The van der Waals surface area contributed by atoms with E-state index in [1.807, 2.05) is 72.5 Å². The highest BCUT2D eigenvalue weighted by atomic mass is 32.2. The van der Waals surface area contributed by atoms with Crippen LogP contribution < -0.4 is 15.4 Å². The van der Waals surface area contributed by atoms with Crippen molar-refractivity contribution in [1.29, 1.82) is 0 Å². The van der Waals surface area contributed by atoms with Gasteiger partial charge in [0.25, 0.3) is 0 Å². The van der Waals surface area contributed by atoms with Crippen molar-refractivity contribution in [3.8, 4) is 11.1 Å². The van der Waals surface area contributed by atoms with Gasteiger partial charge in [-0.05, 0) is 84.3 Å². The Bertz CT molecular complexity index is 1270. The van der Waals surface area contributed by atoms with Crippen LogP contribution in [-0.2, 0) is 16.7 Å². The Morgan fingerprint density at radius 2 is 1.81 bits per heavy atom. The number of ether oxygens (including phenoxy) is 1. The fourth-order valence-corrected chi connectivity index (χ4v) is 5.87. The highest BCUT2D eigenvalue weighted by Crippen LogP contribution is 2.51. The minimum absolute atomic E-state index is 0.0401. The zero-order valence-corrected chi connectivity index (χ0v) is 21.3. The number of carbonyl (C=O) groups excluding carboxylic acids is 2. The molecule has 1 saturated carbocycles. The van der Waals surface area contributed by atoms with Gasteiger partial charge in [-0.3, -0.25) is 10.0 Å².